The number of carbonyl (C=O) groups is 3. The Hall–Kier alpha value is -2.55. The van der Waals surface area contributed by atoms with Gasteiger partial charge in [-0.25, -0.2) is 0 Å². The van der Waals surface area contributed by atoms with Crippen molar-refractivity contribution in [1.82, 2.24) is 0 Å². The molecule has 2 aromatic rings. The molecule has 228 valence electrons. The van der Waals surface area contributed by atoms with Gasteiger partial charge in [-0.05, 0) is 124 Å². The Morgan fingerprint density at radius 2 is 0.881 bits per heavy atom. The van der Waals surface area contributed by atoms with E-state index in [0.29, 0.717) is 66.7 Å². The molecule has 2 fully saturated rings. The van der Waals surface area contributed by atoms with Gasteiger partial charge in [0.1, 0.15) is 17.3 Å². The summed E-state index contributed by atoms with van der Waals surface area (Å²) < 4.78 is 0. The van der Waals surface area contributed by atoms with Crippen LogP contribution in [0.3, 0.4) is 0 Å². The van der Waals surface area contributed by atoms with Gasteiger partial charge in [-0.1, -0.05) is 62.4 Å². The number of benzene rings is 2. The second-order valence-electron chi connectivity index (χ2n) is 13.2. The van der Waals surface area contributed by atoms with Crippen LogP contribution in [0.2, 0.25) is 0 Å². The number of Topliss-reactive ketones (excluding diaryl/α,β-unsaturated/α-hetero) is 3. The fraction of sp³-hybridized carbons (Fsp3) is 0.615. The SMILES string of the molecule is CCC(=O)C1CCC(c2ccc(CCCCC(=O)CCCCc3ccc([C@H]4CC[C@H](C(=O)CC)CC4)cc3)cc2)CC1. The average molecular weight is 571 g/mol. The number of aryl methyl sites for hydroxylation is 2. The Bertz CT molecular complexity index is 1020. The van der Waals surface area contributed by atoms with Crippen molar-refractivity contribution in [2.75, 3.05) is 0 Å². The maximum atomic E-state index is 12.4. The lowest BCUT2D eigenvalue weighted by Crippen LogP contribution is -2.20. The molecular weight excluding hydrogens is 516 g/mol. The normalized spacial score (nSPS) is 22.5. The molecule has 0 bridgehead atoms. The summed E-state index contributed by atoms with van der Waals surface area (Å²) in [4.78, 5) is 36.4. The molecule has 0 radical (unpaired) electrons. The number of carbonyl (C=O) groups excluding carboxylic acids is 3. The number of unbranched alkanes of at least 4 members (excludes halogenated alkanes) is 2. The molecule has 0 unspecified atom stereocenters. The highest BCUT2D eigenvalue weighted by Crippen LogP contribution is 2.37. The lowest BCUT2D eigenvalue weighted by atomic mass is 9.76. The minimum Gasteiger partial charge on any atom is -0.300 e. The molecule has 0 aromatic heterocycles. The quantitative estimate of drug-likeness (QED) is 0.189. The summed E-state index contributed by atoms with van der Waals surface area (Å²) in [5.41, 5.74) is 5.59. The Labute approximate surface area is 255 Å². The maximum Gasteiger partial charge on any atom is 0.135 e. The summed E-state index contributed by atoms with van der Waals surface area (Å²) in [6, 6.07) is 18.3. The third-order valence-corrected chi connectivity index (χ3v) is 10.3. The maximum absolute atomic E-state index is 12.4. The first-order chi connectivity index (χ1) is 20.5. The second-order valence-corrected chi connectivity index (χ2v) is 13.2. The molecule has 0 aliphatic heterocycles. The molecule has 0 atom stereocenters. The van der Waals surface area contributed by atoms with E-state index in [1.807, 2.05) is 13.8 Å². The van der Waals surface area contributed by atoms with Gasteiger partial charge in [-0.15, -0.1) is 0 Å². The van der Waals surface area contributed by atoms with Crippen molar-refractivity contribution in [3.8, 4) is 0 Å². The fourth-order valence-electron chi connectivity index (χ4n) is 7.42. The monoisotopic (exact) mass is 570 g/mol. The van der Waals surface area contributed by atoms with Crippen molar-refractivity contribution < 1.29 is 14.4 Å². The van der Waals surface area contributed by atoms with Gasteiger partial charge in [0.2, 0.25) is 0 Å². The molecule has 0 spiro atoms. The molecule has 0 N–H and O–H groups in total. The zero-order valence-corrected chi connectivity index (χ0v) is 26.4. The van der Waals surface area contributed by atoms with Gasteiger partial charge in [-0.2, -0.15) is 0 Å². The molecule has 3 heteroatoms. The Morgan fingerprint density at radius 1 is 0.524 bits per heavy atom. The molecule has 4 rings (SSSR count). The van der Waals surface area contributed by atoms with E-state index in [0.717, 1.165) is 89.9 Å². The van der Waals surface area contributed by atoms with Crippen LogP contribution in [-0.4, -0.2) is 17.3 Å². The lowest BCUT2D eigenvalue weighted by Gasteiger charge is -2.28. The van der Waals surface area contributed by atoms with Crippen molar-refractivity contribution >= 4 is 17.3 Å². The van der Waals surface area contributed by atoms with Crippen LogP contribution in [0.5, 0.6) is 0 Å². The first-order valence-electron chi connectivity index (χ1n) is 17.2. The molecule has 2 saturated carbocycles. The van der Waals surface area contributed by atoms with Crippen molar-refractivity contribution in [2.45, 2.75) is 141 Å². The molecule has 0 amide bonds. The molecule has 3 nitrogen and oxygen atoms in total. The van der Waals surface area contributed by atoms with Crippen LogP contribution in [0.25, 0.3) is 0 Å². The van der Waals surface area contributed by atoms with E-state index in [-0.39, 0.29) is 0 Å². The van der Waals surface area contributed by atoms with E-state index >= 15 is 0 Å². The minimum atomic E-state index is 0.298. The van der Waals surface area contributed by atoms with Crippen LogP contribution < -0.4 is 0 Å². The Kier molecular flexibility index (Phi) is 13.0. The largest absolute Gasteiger partial charge is 0.300 e. The van der Waals surface area contributed by atoms with Gasteiger partial charge in [0.05, 0.1) is 0 Å². The lowest BCUT2D eigenvalue weighted by molar-refractivity contribution is -0.124. The molecular formula is C39H54O3. The average Bonchev–Trinajstić information content (AvgIpc) is 3.05. The number of hydrogen-bond donors (Lipinski definition) is 0. The molecule has 2 aliphatic rings. The molecule has 0 heterocycles. The van der Waals surface area contributed by atoms with E-state index < -0.39 is 0 Å². The van der Waals surface area contributed by atoms with Gasteiger partial charge in [0.25, 0.3) is 0 Å². The zero-order chi connectivity index (χ0) is 29.7. The Balaban J connectivity index is 1.05. The van der Waals surface area contributed by atoms with Gasteiger partial charge < -0.3 is 0 Å². The number of hydrogen-bond acceptors (Lipinski definition) is 3. The van der Waals surface area contributed by atoms with Crippen molar-refractivity contribution in [1.29, 1.82) is 0 Å². The van der Waals surface area contributed by atoms with Crippen LogP contribution in [0.4, 0.5) is 0 Å². The van der Waals surface area contributed by atoms with Gasteiger partial charge >= 0.3 is 0 Å². The highest BCUT2D eigenvalue weighted by Gasteiger charge is 2.27. The van der Waals surface area contributed by atoms with E-state index in [1.165, 1.54) is 22.3 Å². The molecule has 0 saturated heterocycles. The Morgan fingerprint density at radius 3 is 1.21 bits per heavy atom. The standard InChI is InChI=1S/C39H54O3/c1-3-38(41)35-25-21-33(22-26-35)31-17-13-29(14-18-31)9-5-7-11-37(40)12-8-6-10-30-15-19-32(20-16-30)34-23-27-36(28-24-34)39(42)4-2/h13-20,33-36H,3-12,21-28H2,1-2H3/t33-,34?,35-,36?. The van der Waals surface area contributed by atoms with Gasteiger partial charge in [-0.3, -0.25) is 14.4 Å². The summed E-state index contributed by atoms with van der Waals surface area (Å²) >= 11 is 0. The topological polar surface area (TPSA) is 51.2 Å². The van der Waals surface area contributed by atoms with Crippen molar-refractivity contribution in [2.24, 2.45) is 11.8 Å². The first kappa shape index (κ1) is 32.4. The first-order valence-corrected chi connectivity index (χ1v) is 17.2. The highest BCUT2D eigenvalue weighted by molar-refractivity contribution is 5.81. The highest BCUT2D eigenvalue weighted by atomic mass is 16.1. The van der Waals surface area contributed by atoms with E-state index in [9.17, 15) is 14.4 Å². The van der Waals surface area contributed by atoms with Crippen LogP contribution in [0.1, 0.15) is 151 Å². The van der Waals surface area contributed by atoms with E-state index in [1.54, 1.807) is 0 Å². The summed E-state index contributed by atoms with van der Waals surface area (Å²) in [6.07, 6.45) is 17.7. The third kappa shape index (κ3) is 9.75. The van der Waals surface area contributed by atoms with Crippen LogP contribution in [0.15, 0.2) is 48.5 Å². The summed E-state index contributed by atoms with van der Waals surface area (Å²) in [5, 5.41) is 0. The molecule has 42 heavy (non-hydrogen) atoms. The fourth-order valence-corrected chi connectivity index (χ4v) is 7.42. The number of rotatable bonds is 16. The van der Waals surface area contributed by atoms with E-state index in [4.69, 9.17) is 0 Å². The van der Waals surface area contributed by atoms with Crippen molar-refractivity contribution in [3.63, 3.8) is 0 Å². The van der Waals surface area contributed by atoms with Crippen LogP contribution in [-0.2, 0) is 27.2 Å². The molecule has 2 aliphatic carbocycles. The predicted octanol–water partition coefficient (Wildman–Crippen LogP) is 9.89. The minimum absolute atomic E-state index is 0.298. The van der Waals surface area contributed by atoms with Gasteiger partial charge in [0.15, 0.2) is 0 Å². The summed E-state index contributed by atoms with van der Waals surface area (Å²) in [5.74, 6) is 3.10. The van der Waals surface area contributed by atoms with Crippen LogP contribution >= 0.6 is 0 Å². The van der Waals surface area contributed by atoms with E-state index in [2.05, 4.69) is 48.5 Å². The second kappa shape index (κ2) is 16.9. The number of ketones is 3. The van der Waals surface area contributed by atoms with Crippen molar-refractivity contribution in [3.05, 3.63) is 70.8 Å². The third-order valence-electron chi connectivity index (χ3n) is 10.3. The smallest absolute Gasteiger partial charge is 0.135 e. The zero-order valence-electron chi connectivity index (χ0n) is 26.4. The summed E-state index contributed by atoms with van der Waals surface area (Å²) in [7, 11) is 0. The van der Waals surface area contributed by atoms with Gasteiger partial charge in [0, 0.05) is 37.5 Å². The summed E-state index contributed by atoms with van der Waals surface area (Å²) in [6.45, 7) is 3.97. The predicted molar refractivity (Wildman–Crippen MR) is 173 cm³/mol. The molecule has 2 aromatic carbocycles. The van der Waals surface area contributed by atoms with Crippen LogP contribution in [0, 0.1) is 11.8 Å².